The summed E-state index contributed by atoms with van der Waals surface area (Å²) in [4.78, 5) is 0. The Morgan fingerprint density at radius 3 is 2.79 bits per heavy atom. The smallest absolute Gasteiger partial charge is 0.160 e. The molecule has 4 N–H and O–H groups in total. The zero-order chi connectivity index (χ0) is 20.3. The highest BCUT2D eigenvalue weighted by Crippen LogP contribution is 2.33. The molecule has 0 amide bonds. The van der Waals surface area contributed by atoms with Crippen LogP contribution in [-0.4, -0.2) is 33.8 Å². The second kappa shape index (κ2) is 8.67. The molecular formula is C20H23N4O2PS. The molecule has 0 aliphatic rings. The number of nitrogens with two attached hydrogens (primary N) is 1. The summed E-state index contributed by atoms with van der Waals surface area (Å²) < 4.78 is 6.31. The van der Waals surface area contributed by atoms with Gasteiger partial charge in [-0.3, -0.25) is 5.41 Å². The van der Waals surface area contributed by atoms with Crippen LogP contribution in [0.4, 0.5) is 5.69 Å². The van der Waals surface area contributed by atoms with Crippen molar-refractivity contribution in [2.45, 2.75) is 25.9 Å². The first-order valence-corrected chi connectivity index (χ1v) is 10.7. The van der Waals surface area contributed by atoms with Gasteiger partial charge in [-0.15, -0.1) is 21.5 Å². The van der Waals surface area contributed by atoms with Crippen molar-refractivity contribution in [1.82, 2.24) is 10.2 Å². The number of phenols is 1. The number of aryl methyl sites for hydroxylation is 1. The van der Waals surface area contributed by atoms with Crippen LogP contribution in [0.2, 0.25) is 0 Å². The molecule has 0 saturated carbocycles. The van der Waals surface area contributed by atoms with Crippen LogP contribution in [0.15, 0.2) is 35.8 Å². The minimum atomic E-state index is 0.0254. The van der Waals surface area contributed by atoms with Crippen LogP contribution in [-0.2, 0) is 6.42 Å². The lowest BCUT2D eigenvalue weighted by Gasteiger charge is -2.17. The van der Waals surface area contributed by atoms with Crippen molar-refractivity contribution in [3.8, 4) is 11.5 Å². The van der Waals surface area contributed by atoms with Gasteiger partial charge < -0.3 is 15.6 Å². The van der Waals surface area contributed by atoms with Gasteiger partial charge in [-0.25, -0.2) is 0 Å². The first-order valence-electron chi connectivity index (χ1n) is 8.77. The van der Waals surface area contributed by atoms with Crippen molar-refractivity contribution >= 4 is 36.1 Å². The second-order valence-electron chi connectivity index (χ2n) is 6.62. The number of ether oxygens (including phenoxy) is 1. The number of aromatic hydroxyl groups is 1. The standard InChI is InChI=1S/C20H23N4O2PS/c1-11-6-13(4-5-16(11)21)19(22)15-9-17(25)18(26-3)8-14(15)7-12(2)27-20-24-23-10-28-20/h4-6,8-10,12,22,25,27H,7,21H2,1-3H3. The maximum absolute atomic E-state index is 10.3. The van der Waals surface area contributed by atoms with Crippen molar-refractivity contribution in [1.29, 1.82) is 5.41 Å². The average molecular weight is 414 g/mol. The number of nitrogens with one attached hydrogen (secondary N) is 1. The quantitative estimate of drug-likeness (QED) is 0.312. The van der Waals surface area contributed by atoms with E-state index in [-0.39, 0.29) is 5.75 Å². The molecule has 0 fully saturated rings. The number of aromatic nitrogens is 2. The molecule has 1 aromatic heterocycles. The molecule has 0 aliphatic carbocycles. The van der Waals surface area contributed by atoms with E-state index < -0.39 is 0 Å². The van der Waals surface area contributed by atoms with Gasteiger partial charge in [-0.05, 0) is 54.4 Å². The number of rotatable bonds is 7. The van der Waals surface area contributed by atoms with Crippen LogP contribution in [0.5, 0.6) is 11.5 Å². The van der Waals surface area contributed by atoms with E-state index in [4.69, 9.17) is 15.9 Å². The Labute approximate surface area is 170 Å². The maximum atomic E-state index is 10.3. The lowest BCUT2D eigenvalue weighted by atomic mass is 9.93. The van der Waals surface area contributed by atoms with Gasteiger partial charge >= 0.3 is 0 Å². The Morgan fingerprint density at radius 2 is 2.14 bits per heavy atom. The van der Waals surface area contributed by atoms with Crippen LogP contribution in [0.3, 0.4) is 0 Å². The normalized spacial score (nSPS) is 12.4. The van der Waals surface area contributed by atoms with Gasteiger partial charge in [-0.2, -0.15) is 0 Å². The molecule has 0 radical (unpaired) electrons. The number of hydrogen-bond donors (Lipinski definition) is 3. The van der Waals surface area contributed by atoms with E-state index in [1.165, 1.54) is 7.11 Å². The molecule has 0 bridgehead atoms. The van der Waals surface area contributed by atoms with E-state index in [1.807, 2.05) is 31.2 Å². The molecule has 2 aromatic carbocycles. The Bertz CT molecular complexity index is 992. The number of benzene rings is 2. The van der Waals surface area contributed by atoms with Crippen LogP contribution < -0.4 is 15.2 Å². The van der Waals surface area contributed by atoms with Crippen molar-refractivity contribution in [2.75, 3.05) is 12.8 Å². The number of hydrogen-bond acceptors (Lipinski definition) is 7. The molecule has 0 aliphatic heterocycles. The Hall–Kier alpha value is -2.50. The van der Waals surface area contributed by atoms with Crippen LogP contribution in [0.25, 0.3) is 0 Å². The predicted molar refractivity (Wildman–Crippen MR) is 117 cm³/mol. The highest BCUT2D eigenvalue weighted by Gasteiger charge is 2.18. The van der Waals surface area contributed by atoms with Crippen molar-refractivity contribution in [3.05, 3.63) is 58.1 Å². The van der Waals surface area contributed by atoms with Gasteiger partial charge in [-0.1, -0.05) is 21.6 Å². The number of nitrogens with zero attached hydrogens (tertiary/aromatic N) is 2. The lowest BCUT2D eigenvalue weighted by molar-refractivity contribution is 0.373. The first-order chi connectivity index (χ1) is 13.4. The summed E-state index contributed by atoms with van der Waals surface area (Å²) in [6, 6.07) is 8.98. The van der Waals surface area contributed by atoms with Crippen LogP contribution >= 0.6 is 19.9 Å². The fraction of sp³-hybridized carbons (Fsp3) is 0.250. The molecule has 2 atom stereocenters. The second-order valence-corrected chi connectivity index (χ2v) is 9.56. The minimum absolute atomic E-state index is 0.0254. The van der Waals surface area contributed by atoms with Crippen LogP contribution in [0.1, 0.15) is 29.2 Å². The summed E-state index contributed by atoms with van der Waals surface area (Å²) in [7, 11) is 2.06. The van der Waals surface area contributed by atoms with Gasteiger partial charge in [0.25, 0.3) is 0 Å². The number of methoxy groups -OCH3 is 1. The average Bonchev–Trinajstić information content (AvgIpc) is 3.17. The van der Waals surface area contributed by atoms with Gasteiger partial charge in [0.05, 0.1) is 12.8 Å². The fourth-order valence-corrected chi connectivity index (χ4v) is 5.17. The van der Waals surface area contributed by atoms with Gasteiger partial charge in [0, 0.05) is 16.8 Å². The monoisotopic (exact) mass is 414 g/mol. The van der Waals surface area contributed by atoms with Gasteiger partial charge in [0.1, 0.15) is 10.3 Å². The molecule has 28 heavy (non-hydrogen) atoms. The molecule has 0 saturated heterocycles. The predicted octanol–water partition coefficient (Wildman–Crippen LogP) is 3.49. The third-order valence-corrected chi connectivity index (χ3v) is 6.74. The van der Waals surface area contributed by atoms with Crippen molar-refractivity contribution in [3.63, 3.8) is 0 Å². The van der Waals surface area contributed by atoms with E-state index in [1.54, 1.807) is 22.9 Å². The molecule has 8 heteroatoms. The van der Waals surface area contributed by atoms with Crippen molar-refractivity contribution in [2.24, 2.45) is 0 Å². The molecule has 1 heterocycles. The highest BCUT2D eigenvalue weighted by molar-refractivity contribution is 7.56. The maximum Gasteiger partial charge on any atom is 0.160 e. The zero-order valence-corrected chi connectivity index (χ0v) is 17.8. The van der Waals surface area contributed by atoms with Gasteiger partial charge in [0.2, 0.25) is 0 Å². The van der Waals surface area contributed by atoms with E-state index in [2.05, 4.69) is 17.1 Å². The fourth-order valence-electron chi connectivity index (χ4n) is 2.99. The molecule has 3 aromatic rings. The molecule has 0 spiro atoms. The number of phenolic OH excluding ortho intramolecular Hbond substituents is 1. The summed E-state index contributed by atoms with van der Waals surface area (Å²) >= 11 is 1.55. The molecule has 6 nitrogen and oxygen atoms in total. The third-order valence-electron chi connectivity index (χ3n) is 4.49. The molecule has 3 rings (SSSR count). The summed E-state index contributed by atoms with van der Waals surface area (Å²) in [5.41, 5.74) is 12.4. The zero-order valence-electron chi connectivity index (χ0n) is 16.0. The third kappa shape index (κ3) is 4.49. The molecule has 2 unspecified atom stereocenters. The summed E-state index contributed by atoms with van der Waals surface area (Å²) in [6.45, 7) is 4.07. The first kappa shape index (κ1) is 20.2. The SMILES string of the molecule is COc1cc(CC(C)Pc2nncs2)c(C(=N)c2ccc(N)c(C)c2)cc1O. The van der Waals surface area contributed by atoms with E-state index in [9.17, 15) is 5.11 Å². The van der Waals surface area contributed by atoms with Crippen molar-refractivity contribution < 1.29 is 9.84 Å². The summed E-state index contributed by atoms with van der Waals surface area (Å²) in [6.07, 6.45) is 0.736. The number of anilines is 1. The molecule has 146 valence electrons. The lowest BCUT2D eigenvalue weighted by Crippen LogP contribution is -2.12. The summed E-state index contributed by atoms with van der Waals surface area (Å²) in [5, 5.41) is 27.1. The van der Waals surface area contributed by atoms with E-state index in [0.717, 1.165) is 27.9 Å². The van der Waals surface area contributed by atoms with E-state index >= 15 is 0 Å². The molecular weight excluding hydrogens is 391 g/mol. The Kier molecular flexibility index (Phi) is 6.27. The minimum Gasteiger partial charge on any atom is -0.504 e. The Morgan fingerprint density at radius 1 is 1.36 bits per heavy atom. The van der Waals surface area contributed by atoms with Crippen LogP contribution in [0, 0.1) is 12.3 Å². The number of nitrogen functional groups attached to an aromatic ring is 1. The van der Waals surface area contributed by atoms with Gasteiger partial charge in [0.15, 0.2) is 11.5 Å². The topological polar surface area (TPSA) is 105 Å². The largest absolute Gasteiger partial charge is 0.504 e. The Balaban J connectivity index is 1.95. The summed E-state index contributed by atoms with van der Waals surface area (Å²) in [5.74, 6) is 0.434. The van der Waals surface area contributed by atoms with E-state index in [0.29, 0.717) is 37.0 Å². The highest BCUT2D eigenvalue weighted by atomic mass is 32.1.